The molecule has 0 aromatic heterocycles. The van der Waals surface area contributed by atoms with E-state index in [9.17, 15) is 4.79 Å². The molecule has 1 aromatic carbocycles. The highest BCUT2D eigenvalue weighted by Gasteiger charge is 2.47. The largest absolute Gasteiger partial charge is 0.493 e. The quantitative estimate of drug-likeness (QED) is 0.362. The summed E-state index contributed by atoms with van der Waals surface area (Å²) in [6.07, 6.45) is 11.9. The highest BCUT2D eigenvalue weighted by atomic mass is 32.2. The lowest BCUT2D eigenvalue weighted by Crippen LogP contribution is -2.27. The zero-order valence-electron chi connectivity index (χ0n) is 16.5. The maximum absolute atomic E-state index is 10.6. The summed E-state index contributed by atoms with van der Waals surface area (Å²) in [4.78, 5) is 10.6. The van der Waals surface area contributed by atoms with E-state index < -0.39 is 5.97 Å². The number of para-hydroxylation sites is 1. The van der Waals surface area contributed by atoms with Crippen LogP contribution in [0.3, 0.4) is 0 Å². The second kappa shape index (κ2) is 11.5. The van der Waals surface area contributed by atoms with Gasteiger partial charge in [0.15, 0.2) is 0 Å². The van der Waals surface area contributed by atoms with Crippen LogP contribution in [-0.2, 0) is 9.53 Å². The van der Waals surface area contributed by atoms with Gasteiger partial charge in [0.25, 0.3) is 0 Å². The Hall–Kier alpha value is -1.46. The Morgan fingerprint density at radius 3 is 2.71 bits per heavy atom. The number of hydrogen-bond acceptors (Lipinski definition) is 4. The Labute approximate surface area is 172 Å². The van der Waals surface area contributed by atoms with Crippen molar-refractivity contribution in [2.45, 2.75) is 57.2 Å². The Balaban J connectivity index is 1.31. The van der Waals surface area contributed by atoms with Gasteiger partial charge in [-0.2, -0.15) is 11.8 Å². The molecule has 0 amide bonds. The summed E-state index contributed by atoms with van der Waals surface area (Å²) in [5, 5.41) is 8.69. The molecule has 154 valence electrons. The van der Waals surface area contributed by atoms with Crippen molar-refractivity contribution in [2.75, 3.05) is 18.1 Å². The van der Waals surface area contributed by atoms with Gasteiger partial charge in [-0.05, 0) is 68.2 Å². The average Bonchev–Trinajstić information content (AvgIpc) is 3.30. The molecule has 0 saturated carbocycles. The minimum atomic E-state index is -0.707. The van der Waals surface area contributed by atoms with E-state index in [4.69, 9.17) is 14.6 Å². The van der Waals surface area contributed by atoms with E-state index >= 15 is 0 Å². The summed E-state index contributed by atoms with van der Waals surface area (Å²) in [5.74, 6) is 3.72. The molecule has 0 spiro atoms. The third-order valence-electron chi connectivity index (χ3n) is 5.76. The number of fused-ring (bicyclic) bond motifs is 2. The third-order valence-corrected chi connectivity index (χ3v) is 6.74. The van der Waals surface area contributed by atoms with Crippen molar-refractivity contribution in [3.8, 4) is 5.75 Å². The summed E-state index contributed by atoms with van der Waals surface area (Å²) in [7, 11) is 0. The molecule has 1 N–H and O–H groups in total. The molecular weight excluding hydrogens is 372 g/mol. The van der Waals surface area contributed by atoms with Crippen LogP contribution in [0.5, 0.6) is 5.75 Å². The van der Waals surface area contributed by atoms with Crippen molar-refractivity contribution >= 4 is 17.7 Å². The van der Waals surface area contributed by atoms with Gasteiger partial charge in [-0.15, -0.1) is 0 Å². The summed E-state index contributed by atoms with van der Waals surface area (Å²) >= 11 is 1.97. The normalized spacial score (nSPS) is 26.1. The smallest absolute Gasteiger partial charge is 0.303 e. The fraction of sp³-hybridized carbons (Fsp3) is 0.609. The van der Waals surface area contributed by atoms with Crippen LogP contribution < -0.4 is 4.74 Å². The van der Waals surface area contributed by atoms with E-state index in [1.54, 1.807) is 0 Å². The molecule has 0 aliphatic carbocycles. The van der Waals surface area contributed by atoms with Crippen LogP contribution in [-0.4, -0.2) is 41.4 Å². The van der Waals surface area contributed by atoms with Crippen molar-refractivity contribution in [1.29, 1.82) is 0 Å². The number of aliphatic carboxylic acids is 1. The second-order valence-electron chi connectivity index (χ2n) is 7.67. The molecule has 2 fully saturated rings. The number of carboxylic acids is 1. The number of carbonyl (C=O) groups is 1. The molecule has 0 unspecified atom stereocenters. The minimum absolute atomic E-state index is 0.259. The van der Waals surface area contributed by atoms with Crippen LogP contribution in [0, 0.1) is 11.8 Å². The van der Waals surface area contributed by atoms with Crippen LogP contribution >= 0.6 is 11.8 Å². The fourth-order valence-corrected chi connectivity index (χ4v) is 5.24. The Morgan fingerprint density at radius 2 is 1.93 bits per heavy atom. The summed E-state index contributed by atoms with van der Waals surface area (Å²) in [6, 6.07) is 9.99. The van der Waals surface area contributed by atoms with Gasteiger partial charge in [-0.25, -0.2) is 0 Å². The molecule has 2 aliphatic heterocycles. The number of hydrogen-bond donors (Lipinski definition) is 1. The van der Waals surface area contributed by atoms with E-state index in [1.807, 2.05) is 42.1 Å². The van der Waals surface area contributed by atoms with E-state index in [0.717, 1.165) is 43.1 Å². The first-order chi connectivity index (χ1) is 13.7. The van der Waals surface area contributed by atoms with Crippen LogP contribution in [0.25, 0.3) is 0 Å². The predicted molar refractivity (Wildman–Crippen MR) is 114 cm³/mol. The number of allylic oxidation sites excluding steroid dienone is 2. The van der Waals surface area contributed by atoms with E-state index in [0.29, 0.717) is 24.0 Å². The van der Waals surface area contributed by atoms with Gasteiger partial charge in [0.1, 0.15) is 5.75 Å². The van der Waals surface area contributed by atoms with Gasteiger partial charge in [0.05, 0.1) is 18.8 Å². The maximum Gasteiger partial charge on any atom is 0.303 e. The molecular formula is C23H32O4S. The van der Waals surface area contributed by atoms with Crippen molar-refractivity contribution in [2.24, 2.45) is 11.8 Å². The van der Waals surface area contributed by atoms with Crippen LogP contribution in [0.2, 0.25) is 0 Å². The number of rotatable bonds is 13. The summed E-state index contributed by atoms with van der Waals surface area (Å²) in [6.45, 7) is 0.754. The molecule has 1 aromatic rings. The lowest BCUT2D eigenvalue weighted by Gasteiger charge is -2.27. The van der Waals surface area contributed by atoms with Crippen LogP contribution in [0.15, 0.2) is 42.5 Å². The van der Waals surface area contributed by atoms with Gasteiger partial charge in [-0.3, -0.25) is 4.79 Å². The molecule has 4 nitrogen and oxygen atoms in total. The zero-order valence-corrected chi connectivity index (χ0v) is 17.3. The second-order valence-corrected chi connectivity index (χ2v) is 8.90. The SMILES string of the molecule is O=C(O)CCC/C=C\C[C@@H]1[C@@H](CCSCCOc2ccccc2)[C@@H]2CC[C@H]1O2. The van der Waals surface area contributed by atoms with Gasteiger partial charge in [-0.1, -0.05) is 30.4 Å². The number of ether oxygens (including phenoxy) is 2. The number of carboxylic acid groups (broad SMARTS) is 1. The Kier molecular flexibility index (Phi) is 8.74. The van der Waals surface area contributed by atoms with Crippen LogP contribution in [0.4, 0.5) is 0 Å². The molecule has 2 heterocycles. The van der Waals surface area contributed by atoms with E-state index in [1.165, 1.54) is 19.3 Å². The first-order valence-electron chi connectivity index (χ1n) is 10.5. The van der Waals surface area contributed by atoms with E-state index in [2.05, 4.69) is 12.2 Å². The molecule has 3 rings (SSSR count). The summed E-state index contributed by atoms with van der Waals surface area (Å²) < 4.78 is 12.0. The topological polar surface area (TPSA) is 55.8 Å². The molecule has 0 radical (unpaired) electrons. The van der Waals surface area contributed by atoms with Gasteiger partial charge in [0, 0.05) is 12.2 Å². The molecule has 4 atom stereocenters. The standard InChI is InChI=1S/C23H32O4S/c24-23(25)11-7-2-1-6-10-19-20(22-13-12-21(19)27-22)14-16-28-17-15-26-18-8-4-3-5-9-18/h1,3-6,8-9,19-22H,2,7,10-17H2,(H,24,25)/b6-1-/t19-,20-,21-,22+/m1/s1. The van der Waals surface area contributed by atoms with Crippen molar-refractivity contribution < 1.29 is 19.4 Å². The highest BCUT2D eigenvalue weighted by Crippen LogP contribution is 2.47. The van der Waals surface area contributed by atoms with Gasteiger partial charge in [0.2, 0.25) is 0 Å². The fourth-order valence-electron chi connectivity index (χ4n) is 4.40. The predicted octanol–water partition coefficient (Wildman–Crippen LogP) is 5.18. The van der Waals surface area contributed by atoms with Crippen molar-refractivity contribution in [1.82, 2.24) is 0 Å². The van der Waals surface area contributed by atoms with Crippen LogP contribution in [0.1, 0.15) is 44.9 Å². The molecule has 2 bridgehead atoms. The zero-order chi connectivity index (χ0) is 19.6. The number of thioether (sulfide) groups is 1. The molecule has 2 aliphatic rings. The van der Waals surface area contributed by atoms with Gasteiger partial charge >= 0.3 is 5.97 Å². The first kappa shape index (κ1) is 21.3. The Morgan fingerprint density at radius 1 is 1.14 bits per heavy atom. The molecule has 28 heavy (non-hydrogen) atoms. The highest BCUT2D eigenvalue weighted by molar-refractivity contribution is 7.99. The first-order valence-corrected chi connectivity index (χ1v) is 11.7. The summed E-state index contributed by atoms with van der Waals surface area (Å²) in [5.41, 5.74) is 0. The van der Waals surface area contributed by atoms with Crippen molar-refractivity contribution in [3.05, 3.63) is 42.5 Å². The maximum atomic E-state index is 10.6. The lowest BCUT2D eigenvalue weighted by molar-refractivity contribution is -0.137. The number of unbranched alkanes of at least 4 members (excludes halogenated alkanes) is 1. The number of benzene rings is 1. The Bertz CT molecular complexity index is 618. The van der Waals surface area contributed by atoms with Crippen molar-refractivity contribution in [3.63, 3.8) is 0 Å². The molecule has 5 heteroatoms. The van der Waals surface area contributed by atoms with Gasteiger partial charge < -0.3 is 14.6 Å². The van der Waals surface area contributed by atoms with E-state index in [-0.39, 0.29) is 6.42 Å². The lowest BCUT2D eigenvalue weighted by atomic mass is 9.76. The monoisotopic (exact) mass is 404 g/mol. The molecule has 2 saturated heterocycles. The average molecular weight is 405 g/mol. The third kappa shape index (κ3) is 6.56. The minimum Gasteiger partial charge on any atom is -0.493 e.